The van der Waals surface area contributed by atoms with Crippen LogP contribution in [-0.4, -0.2) is 54.0 Å². The van der Waals surface area contributed by atoms with Crippen molar-refractivity contribution in [3.05, 3.63) is 0 Å². The van der Waals surface area contributed by atoms with Crippen LogP contribution in [0.5, 0.6) is 0 Å². The number of epoxide rings is 1. The molecular formula is C20H26O6. The molecule has 0 radical (unpaired) electrons. The lowest BCUT2D eigenvalue weighted by molar-refractivity contribution is -0.195. The number of aliphatic hydroxyl groups is 1. The first kappa shape index (κ1) is 16.2. The summed E-state index contributed by atoms with van der Waals surface area (Å²) in [5.41, 5.74) is -0.784. The molecule has 2 heterocycles. The highest BCUT2D eigenvalue weighted by Crippen LogP contribution is 2.69. The van der Waals surface area contributed by atoms with Gasteiger partial charge in [0.05, 0.1) is 37.4 Å². The van der Waals surface area contributed by atoms with Gasteiger partial charge < -0.3 is 19.3 Å². The van der Waals surface area contributed by atoms with E-state index in [-0.39, 0.29) is 46.9 Å². The van der Waals surface area contributed by atoms with Crippen molar-refractivity contribution in [3.63, 3.8) is 0 Å². The molecule has 6 heteroatoms. The SMILES string of the molecule is CC1(C)CC2(OCCO2)[C@H]2C(=O)[C@@H]3C[C@H]4C(=O)C[C@]3(C[C@@H](O)[C@@H]21)[C@@H]1O[C@@H]14. The summed E-state index contributed by atoms with van der Waals surface area (Å²) in [7, 11) is 0. The molecule has 0 unspecified atom stereocenters. The summed E-state index contributed by atoms with van der Waals surface area (Å²) in [5, 5.41) is 11.3. The molecule has 8 atom stereocenters. The lowest BCUT2D eigenvalue weighted by Gasteiger charge is -2.48. The average molecular weight is 362 g/mol. The molecule has 1 N–H and O–H groups in total. The van der Waals surface area contributed by atoms with Gasteiger partial charge in [0, 0.05) is 36.0 Å². The number of hydrogen-bond acceptors (Lipinski definition) is 6. The molecule has 0 aromatic heterocycles. The van der Waals surface area contributed by atoms with E-state index in [4.69, 9.17) is 14.2 Å². The quantitative estimate of drug-likeness (QED) is 0.649. The molecule has 5 saturated carbocycles. The van der Waals surface area contributed by atoms with Crippen molar-refractivity contribution < 1.29 is 28.9 Å². The normalized spacial score (nSPS) is 55.4. The van der Waals surface area contributed by atoms with Crippen molar-refractivity contribution >= 4 is 11.6 Å². The van der Waals surface area contributed by atoms with Gasteiger partial charge in [0.1, 0.15) is 11.6 Å². The van der Waals surface area contributed by atoms with Gasteiger partial charge >= 0.3 is 0 Å². The molecule has 2 aliphatic heterocycles. The van der Waals surface area contributed by atoms with Crippen LogP contribution in [0.3, 0.4) is 0 Å². The Labute approximate surface area is 152 Å². The molecule has 142 valence electrons. The number of hydrogen-bond donors (Lipinski definition) is 1. The van der Waals surface area contributed by atoms with Gasteiger partial charge in [-0.15, -0.1) is 0 Å². The lowest BCUT2D eigenvalue weighted by atomic mass is 9.52. The summed E-state index contributed by atoms with van der Waals surface area (Å²) in [6.07, 6.45) is 1.35. The minimum absolute atomic E-state index is 0.0219. The van der Waals surface area contributed by atoms with E-state index in [1.807, 2.05) is 0 Å². The number of Topliss-reactive ketones (excluding diaryl/α,β-unsaturated/α-hetero) is 2. The molecule has 2 bridgehead atoms. The van der Waals surface area contributed by atoms with E-state index in [2.05, 4.69) is 13.8 Å². The second-order valence-corrected chi connectivity index (χ2v) is 10.1. The van der Waals surface area contributed by atoms with Gasteiger partial charge in [0.15, 0.2) is 5.79 Å². The van der Waals surface area contributed by atoms with Crippen LogP contribution in [0.2, 0.25) is 0 Å². The molecule has 7 aliphatic rings. The fraction of sp³-hybridized carbons (Fsp3) is 0.900. The van der Waals surface area contributed by atoms with Gasteiger partial charge in [-0.05, 0) is 18.3 Å². The third-order valence-corrected chi connectivity index (χ3v) is 8.46. The van der Waals surface area contributed by atoms with Gasteiger partial charge in [-0.3, -0.25) is 9.59 Å². The Kier molecular flexibility index (Phi) is 2.86. The highest BCUT2D eigenvalue weighted by molar-refractivity contribution is 5.93. The first-order valence-electron chi connectivity index (χ1n) is 9.97. The van der Waals surface area contributed by atoms with E-state index >= 15 is 0 Å². The molecule has 2 saturated heterocycles. The van der Waals surface area contributed by atoms with Crippen molar-refractivity contribution in [3.8, 4) is 0 Å². The van der Waals surface area contributed by atoms with Crippen LogP contribution in [0.4, 0.5) is 0 Å². The molecule has 2 spiro atoms. The van der Waals surface area contributed by atoms with Crippen molar-refractivity contribution in [2.45, 2.75) is 63.6 Å². The summed E-state index contributed by atoms with van der Waals surface area (Å²) in [4.78, 5) is 26.4. The summed E-state index contributed by atoms with van der Waals surface area (Å²) in [6.45, 7) is 5.19. The number of ketones is 2. The van der Waals surface area contributed by atoms with E-state index < -0.39 is 23.2 Å². The van der Waals surface area contributed by atoms with Crippen LogP contribution in [0.1, 0.15) is 39.5 Å². The highest BCUT2D eigenvalue weighted by Gasteiger charge is 2.76. The van der Waals surface area contributed by atoms with Crippen LogP contribution >= 0.6 is 0 Å². The second kappa shape index (κ2) is 4.59. The van der Waals surface area contributed by atoms with E-state index in [1.54, 1.807) is 0 Å². The van der Waals surface area contributed by atoms with E-state index in [0.29, 0.717) is 38.9 Å². The third-order valence-electron chi connectivity index (χ3n) is 8.46. The number of aliphatic hydroxyl groups excluding tert-OH is 1. The van der Waals surface area contributed by atoms with Crippen molar-refractivity contribution in [1.29, 1.82) is 0 Å². The second-order valence-electron chi connectivity index (χ2n) is 10.1. The summed E-state index contributed by atoms with van der Waals surface area (Å²) in [6, 6.07) is 0. The number of ether oxygens (including phenoxy) is 3. The van der Waals surface area contributed by atoms with Crippen LogP contribution in [0, 0.1) is 34.5 Å². The number of carbonyl (C=O) groups is 2. The van der Waals surface area contributed by atoms with Crippen molar-refractivity contribution in [2.75, 3.05) is 13.2 Å². The zero-order chi connectivity index (χ0) is 18.1. The summed E-state index contributed by atoms with van der Waals surface area (Å²) < 4.78 is 18.0. The van der Waals surface area contributed by atoms with Crippen molar-refractivity contribution in [1.82, 2.24) is 0 Å². The minimum atomic E-state index is -0.901. The number of fused-ring (bicyclic) bond motifs is 3. The fourth-order valence-electron chi connectivity index (χ4n) is 7.65. The van der Waals surface area contributed by atoms with E-state index in [1.165, 1.54) is 0 Å². The first-order valence-corrected chi connectivity index (χ1v) is 9.97. The maximum absolute atomic E-state index is 13.9. The topological polar surface area (TPSA) is 85.4 Å². The lowest BCUT2D eigenvalue weighted by Crippen LogP contribution is -2.56. The molecule has 6 nitrogen and oxygen atoms in total. The first-order chi connectivity index (χ1) is 12.3. The molecule has 0 amide bonds. The molecule has 0 aromatic rings. The van der Waals surface area contributed by atoms with Gasteiger partial charge in [-0.1, -0.05) is 13.8 Å². The van der Waals surface area contributed by atoms with Crippen LogP contribution in [-0.2, 0) is 23.8 Å². The highest BCUT2D eigenvalue weighted by atomic mass is 16.7. The van der Waals surface area contributed by atoms with Crippen LogP contribution in [0.25, 0.3) is 0 Å². The number of carbonyl (C=O) groups excluding carboxylic acids is 2. The van der Waals surface area contributed by atoms with Gasteiger partial charge in [-0.25, -0.2) is 0 Å². The van der Waals surface area contributed by atoms with Gasteiger partial charge in [0.25, 0.3) is 0 Å². The Bertz CT molecular complexity index is 709. The number of rotatable bonds is 0. The Balaban J connectivity index is 1.50. The molecule has 26 heavy (non-hydrogen) atoms. The minimum Gasteiger partial charge on any atom is -0.393 e. The van der Waals surface area contributed by atoms with Crippen molar-refractivity contribution in [2.24, 2.45) is 34.5 Å². The Morgan fingerprint density at radius 1 is 1.15 bits per heavy atom. The zero-order valence-electron chi connectivity index (χ0n) is 15.3. The smallest absolute Gasteiger partial charge is 0.179 e. The largest absolute Gasteiger partial charge is 0.393 e. The van der Waals surface area contributed by atoms with Gasteiger partial charge in [0.2, 0.25) is 0 Å². The molecule has 0 aromatic carbocycles. The Morgan fingerprint density at radius 2 is 1.88 bits per heavy atom. The average Bonchev–Trinajstić information content (AvgIpc) is 3.22. The van der Waals surface area contributed by atoms with Gasteiger partial charge in [-0.2, -0.15) is 0 Å². The summed E-state index contributed by atoms with van der Waals surface area (Å²) >= 11 is 0. The molecular weight excluding hydrogens is 336 g/mol. The third kappa shape index (κ3) is 1.69. The summed E-state index contributed by atoms with van der Waals surface area (Å²) in [5.74, 6) is -1.56. The predicted octanol–water partition coefficient (Wildman–Crippen LogP) is 1.09. The zero-order valence-corrected chi connectivity index (χ0v) is 15.3. The molecule has 7 rings (SSSR count). The van der Waals surface area contributed by atoms with E-state index in [9.17, 15) is 14.7 Å². The maximum atomic E-state index is 13.9. The standard InChI is InChI=1S/C20H26O6/c1-18(2)8-20(24-3-4-25-20)14-13(18)12(22)7-19-6-11(21)9(16-17(19)26-16)5-10(19)15(14)23/h9-10,12-14,16-17,22H,3-8H2,1-2H3/t9-,10-,12+,13-,14+,16+,17+,19+/m0/s1. The van der Waals surface area contributed by atoms with Crippen LogP contribution in [0.15, 0.2) is 0 Å². The maximum Gasteiger partial charge on any atom is 0.179 e. The van der Waals surface area contributed by atoms with Crippen LogP contribution < -0.4 is 0 Å². The fourth-order valence-corrected chi connectivity index (χ4v) is 7.65. The molecule has 5 aliphatic carbocycles. The predicted molar refractivity (Wildman–Crippen MR) is 88.0 cm³/mol. The Hall–Kier alpha value is -0.820. The molecule has 7 fully saturated rings. The van der Waals surface area contributed by atoms with E-state index in [0.717, 1.165) is 0 Å². The monoisotopic (exact) mass is 362 g/mol. The Morgan fingerprint density at radius 3 is 2.62 bits per heavy atom.